The van der Waals surface area contributed by atoms with Gasteiger partial charge in [0.1, 0.15) is 12.3 Å². The van der Waals surface area contributed by atoms with Crippen LogP contribution in [0.25, 0.3) is 10.2 Å². The number of carbonyl (C=O) groups excluding carboxylic acids is 2. The van der Waals surface area contributed by atoms with Gasteiger partial charge in [0.25, 0.3) is 5.91 Å². The molecule has 0 aliphatic carbocycles. The fraction of sp³-hybridized carbons (Fsp3) is 0.286. The fourth-order valence-electron chi connectivity index (χ4n) is 2.75. The molecule has 0 unspecified atom stereocenters. The summed E-state index contributed by atoms with van der Waals surface area (Å²) in [7, 11) is 1.32. The Morgan fingerprint density at radius 2 is 1.93 bits per heavy atom. The Bertz CT molecular complexity index is 1170. The smallest absolute Gasteiger partial charge is 0.325 e. The Morgan fingerprint density at radius 3 is 2.60 bits per heavy atom. The number of ether oxygens (including phenoxy) is 2. The van der Waals surface area contributed by atoms with Crippen molar-refractivity contribution in [2.24, 2.45) is 4.99 Å². The van der Waals surface area contributed by atoms with Gasteiger partial charge in [0.2, 0.25) is 0 Å². The zero-order valence-electron chi connectivity index (χ0n) is 16.6. The number of amides is 1. The minimum absolute atomic E-state index is 0.0481. The van der Waals surface area contributed by atoms with Crippen molar-refractivity contribution in [1.29, 1.82) is 0 Å². The second kappa shape index (κ2) is 9.64. The van der Waals surface area contributed by atoms with E-state index in [-0.39, 0.29) is 13.2 Å². The number of hydrogen-bond donors (Lipinski definition) is 0. The fourth-order valence-corrected chi connectivity index (χ4v) is 4.31. The molecule has 0 fully saturated rings. The van der Waals surface area contributed by atoms with Gasteiger partial charge in [-0.05, 0) is 41.8 Å². The van der Waals surface area contributed by atoms with Gasteiger partial charge in [0.05, 0.1) is 22.3 Å². The van der Waals surface area contributed by atoms with Crippen molar-refractivity contribution in [3.8, 4) is 5.75 Å². The molecule has 0 bridgehead atoms. The Morgan fingerprint density at radius 1 is 1.17 bits per heavy atom. The molecule has 3 aromatic rings. The summed E-state index contributed by atoms with van der Waals surface area (Å²) >= 11 is 13.3. The number of esters is 1. The van der Waals surface area contributed by atoms with Gasteiger partial charge in [-0.15, -0.1) is 0 Å². The lowest BCUT2D eigenvalue weighted by molar-refractivity contribution is -0.141. The lowest BCUT2D eigenvalue weighted by Gasteiger charge is -2.07. The van der Waals surface area contributed by atoms with Crippen LogP contribution < -0.4 is 9.54 Å². The van der Waals surface area contributed by atoms with Crippen LogP contribution in [0.3, 0.4) is 0 Å². The number of aromatic nitrogens is 1. The van der Waals surface area contributed by atoms with E-state index in [2.05, 4.69) is 18.8 Å². The number of fused-ring (bicyclic) bond motifs is 1. The highest BCUT2D eigenvalue weighted by atomic mass is 35.5. The van der Waals surface area contributed by atoms with Crippen LogP contribution in [0.4, 0.5) is 0 Å². The molecule has 0 atom stereocenters. The monoisotopic (exact) mass is 466 g/mol. The highest BCUT2D eigenvalue weighted by Crippen LogP contribution is 2.27. The summed E-state index contributed by atoms with van der Waals surface area (Å²) in [6.45, 7) is 3.86. The van der Waals surface area contributed by atoms with E-state index in [0.29, 0.717) is 26.5 Å². The Labute approximate surface area is 187 Å². The zero-order valence-corrected chi connectivity index (χ0v) is 19.0. The van der Waals surface area contributed by atoms with Crippen molar-refractivity contribution in [3.63, 3.8) is 0 Å². The summed E-state index contributed by atoms with van der Waals surface area (Å²) < 4.78 is 12.9. The van der Waals surface area contributed by atoms with Gasteiger partial charge in [-0.25, -0.2) is 0 Å². The van der Waals surface area contributed by atoms with Crippen molar-refractivity contribution in [2.75, 3.05) is 13.7 Å². The molecule has 0 N–H and O–H groups in total. The summed E-state index contributed by atoms with van der Waals surface area (Å²) in [5, 5.41) is 0.775. The second-order valence-corrected chi connectivity index (χ2v) is 8.65. The molecule has 0 saturated heterocycles. The molecule has 1 amide bonds. The number of carbonyl (C=O) groups is 2. The first kappa shape index (κ1) is 22.3. The Kier molecular flexibility index (Phi) is 7.18. The van der Waals surface area contributed by atoms with Gasteiger partial charge in [0.15, 0.2) is 11.4 Å². The number of rotatable bonds is 6. The molecular formula is C21H20Cl2N2O4S. The zero-order chi connectivity index (χ0) is 21.8. The molecule has 0 aliphatic rings. The van der Waals surface area contributed by atoms with Gasteiger partial charge >= 0.3 is 5.97 Å². The highest BCUT2D eigenvalue weighted by molar-refractivity contribution is 7.16. The van der Waals surface area contributed by atoms with Crippen LogP contribution >= 0.6 is 34.5 Å². The average molecular weight is 467 g/mol. The van der Waals surface area contributed by atoms with Gasteiger partial charge < -0.3 is 14.0 Å². The van der Waals surface area contributed by atoms with E-state index in [4.69, 9.17) is 32.7 Å². The van der Waals surface area contributed by atoms with E-state index in [9.17, 15) is 9.59 Å². The maximum atomic E-state index is 12.4. The first-order valence-corrected chi connectivity index (χ1v) is 10.7. The van der Waals surface area contributed by atoms with E-state index in [0.717, 1.165) is 15.8 Å². The molecule has 30 heavy (non-hydrogen) atoms. The number of nitrogens with zero attached hydrogens (tertiary/aromatic N) is 2. The SMILES string of the molecule is COC(=O)Cn1c(=NC(=O)COc2ccc(Cl)cc2Cl)sc2cc(C(C)C)ccc21. The minimum atomic E-state index is -0.504. The van der Waals surface area contributed by atoms with Gasteiger partial charge in [-0.3, -0.25) is 9.59 Å². The predicted octanol–water partition coefficient (Wildman–Crippen LogP) is 4.81. The largest absolute Gasteiger partial charge is 0.482 e. The lowest BCUT2D eigenvalue weighted by atomic mass is 10.0. The van der Waals surface area contributed by atoms with Crippen LogP contribution in [-0.2, 0) is 20.9 Å². The van der Waals surface area contributed by atoms with Crippen molar-refractivity contribution >= 4 is 56.6 Å². The van der Waals surface area contributed by atoms with Gasteiger partial charge in [0, 0.05) is 5.02 Å². The Hall–Kier alpha value is -2.35. The van der Waals surface area contributed by atoms with E-state index < -0.39 is 11.9 Å². The van der Waals surface area contributed by atoms with Crippen LogP contribution in [-0.4, -0.2) is 30.2 Å². The number of hydrogen-bond acceptors (Lipinski definition) is 5. The molecule has 0 aliphatic heterocycles. The molecule has 0 spiro atoms. The van der Waals surface area contributed by atoms with Crippen molar-refractivity contribution in [3.05, 3.63) is 56.8 Å². The van der Waals surface area contributed by atoms with Crippen molar-refractivity contribution in [2.45, 2.75) is 26.3 Å². The summed E-state index contributed by atoms with van der Waals surface area (Å²) in [4.78, 5) is 28.9. The average Bonchev–Trinajstić information content (AvgIpc) is 3.03. The maximum absolute atomic E-state index is 12.4. The third-order valence-corrected chi connectivity index (χ3v) is 5.93. The molecule has 0 saturated carbocycles. The standard InChI is InChI=1S/C21H20Cl2N2O4S/c1-12(2)13-4-6-16-18(8-13)30-21(25(16)10-20(27)28-3)24-19(26)11-29-17-7-5-14(22)9-15(17)23/h4-9,12H,10-11H2,1-3H3. The normalized spacial score (nSPS) is 11.9. The molecule has 1 aromatic heterocycles. The number of thiazole rings is 1. The van der Waals surface area contributed by atoms with Crippen molar-refractivity contribution < 1.29 is 19.1 Å². The van der Waals surface area contributed by atoms with Crippen LogP contribution in [0, 0.1) is 0 Å². The van der Waals surface area contributed by atoms with E-state index in [1.54, 1.807) is 16.7 Å². The molecular weight excluding hydrogens is 447 g/mol. The van der Waals surface area contributed by atoms with Crippen LogP contribution in [0.15, 0.2) is 41.4 Å². The van der Waals surface area contributed by atoms with E-state index in [1.807, 2.05) is 18.2 Å². The molecule has 1 heterocycles. The van der Waals surface area contributed by atoms with Crippen LogP contribution in [0.5, 0.6) is 5.75 Å². The second-order valence-electron chi connectivity index (χ2n) is 6.80. The van der Waals surface area contributed by atoms with Crippen LogP contribution in [0.1, 0.15) is 25.3 Å². The maximum Gasteiger partial charge on any atom is 0.325 e. The lowest BCUT2D eigenvalue weighted by Crippen LogP contribution is -2.23. The predicted molar refractivity (Wildman–Crippen MR) is 118 cm³/mol. The molecule has 2 aromatic carbocycles. The highest BCUT2D eigenvalue weighted by Gasteiger charge is 2.14. The Balaban J connectivity index is 1.93. The third kappa shape index (κ3) is 5.22. The quantitative estimate of drug-likeness (QED) is 0.488. The molecule has 3 rings (SSSR count). The first-order valence-electron chi connectivity index (χ1n) is 9.14. The summed E-state index contributed by atoms with van der Waals surface area (Å²) in [5.74, 6) is -0.244. The number of halogens is 2. The minimum Gasteiger partial charge on any atom is -0.482 e. The summed E-state index contributed by atoms with van der Waals surface area (Å²) in [5.41, 5.74) is 1.97. The number of methoxy groups -OCH3 is 1. The molecule has 0 radical (unpaired) electrons. The molecule has 6 nitrogen and oxygen atoms in total. The van der Waals surface area contributed by atoms with E-state index in [1.165, 1.54) is 24.5 Å². The van der Waals surface area contributed by atoms with Crippen LogP contribution in [0.2, 0.25) is 10.0 Å². The van der Waals surface area contributed by atoms with Gasteiger partial charge in [-0.1, -0.05) is 54.5 Å². The first-order chi connectivity index (χ1) is 14.3. The third-order valence-electron chi connectivity index (χ3n) is 4.35. The van der Waals surface area contributed by atoms with E-state index >= 15 is 0 Å². The summed E-state index contributed by atoms with van der Waals surface area (Å²) in [6.07, 6.45) is 0. The number of benzene rings is 2. The van der Waals surface area contributed by atoms with Crippen molar-refractivity contribution in [1.82, 2.24) is 4.57 Å². The topological polar surface area (TPSA) is 69.9 Å². The molecule has 158 valence electrons. The molecule has 9 heteroatoms. The van der Waals surface area contributed by atoms with Gasteiger partial charge in [-0.2, -0.15) is 4.99 Å². The summed E-state index contributed by atoms with van der Waals surface area (Å²) in [6, 6.07) is 10.7.